The molecule has 0 aliphatic heterocycles. The maximum atomic E-state index is 14.2. The van der Waals surface area contributed by atoms with E-state index in [0.29, 0.717) is 0 Å². The van der Waals surface area contributed by atoms with Gasteiger partial charge >= 0.3 is 5.97 Å². The molecular formula is C15H8BrF4N3O2. The number of ether oxygens (including phenoxy) is 1. The summed E-state index contributed by atoms with van der Waals surface area (Å²) in [6, 6.07) is 2.21. The molecule has 25 heavy (non-hydrogen) atoms. The fraction of sp³-hybridized carbons (Fsp3) is 0.133. The van der Waals surface area contributed by atoms with E-state index in [9.17, 15) is 22.4 Å². The van der Waals surface area contributed by atoms with Gasteiger partial charge < -0.3 is 4.74 Å². The minimum absolute atomic E-state index is 0.0999. The van der Waals surface area contributed by atoms with Gasteiger partial charge in [0.1, 0.15) is 11.0 Å². The predicted octanol–water partition coefficient (Wildman–Crippen LogP) is 3.74. The third kappa shape index (κ3) is 2.66. The van der Waals surface area contributed by atoms with Crippen LogP contribution in [0.15, 0.2) is 16.6 Å². The van der Waals surface area contributed by atoms with E-state index in [1.165, 1.54) is 13.1 Å². The second-order valence-electron chi connectivity index (χ2n) is 5.02. The number of nitrogens with zero attached hydrogens (tertiary/aromatic N) is 3. The van der Waals surface area contributed by atoms with E-state index < -0.39 is 39.3 Å². The Hall–Kier alpha value is -2.49. The molecule has 0 saturated carbocycles. The van der Waals surface area contributed by atoms with Crippen molar-refractivity contribution in [2.45, 2.75) is 0 Å². The summed E-state index contributed by atoms with van der Waals surface area (Å²) in [5, 5.41) is 7.93. The largest absolute Gasteiger partial charge is 0.465 e. The monoisotopic (exact) mass is 417 g/mol. The Morgan fingerprint density at radius 2 is 1.68 bits per heavy atom. The Morgan fingerprint density at radius 3 is 2.24 bits per heavy atom. The van der Waals surface area contributed by atoms with E-state index in [4.69, 9.17) is 0 Å². The summed E-state index contributed by atoms with van der Waals surface area (Å²) in [6.45, 7) is 0. The Morgan fingerprint density at radius 1 is 1.08 bits per heavy atom. The lowest BCUT2D eigenvalue weighted by molar-refractivity contribution is 0.0602. The molecule has 10 heteroatoms. The van der Waals surface area contributed by atoms with Gasteiger partial charge in [0.25, 0.3) is 0 Å². The number of methoxy groups -OCH3 is 1. The van der Waals surface area contributed by atoms with Crippen LogP contribution in [0.3, 0.4) is 0 Å². The summed E-state index contributed by atoms with van der Waals surface area (Å²) < 4.78 is 59.8. The van der Waals surface area contributed by atoms with Crippen molar-refractivity contribution in [3.05, 3.63) is 45.4 Å². The predicted molar refractivity (Wildman–Crippen MR) is 82.8 cm³/mol. The molecule has 0 aliphatic rings. The van der Waals surface area contributed by atoms with Crippen LogP contribution in [0.5, 0.6) is 0 Å². The minimum atomic E-state index is -1.61. The molecule has 0 fully saturated rings. The van der Waals surface area contributed by atoms with Crippen LogP contribution in [-0.4, -0.2) is 28.1 Å². The van der Waals surface area contributed by atoms with Crippen molar-refractivity contribution in [3.63, 3.8) is 0 Å². The van der Waals surface area contributed by atoms with Gasteiger partial charge in [0.05, 0.1) is 22.7 Å². The number of hydrogen-bond donors (Lipinski definition) is 0. The van der Waals surface area contributed by atoms with Gasteiger partial charge in [-0.15, -0.1) is 0 Å². The van der Waals surface area contributed by atoms with E-state index >= 15 is 0 Å². The van der Waals surface area contributed by atoms with Gasteiger partial charge in [-0.25, -0.2) is 22.4 Å². The lowest BCUT2D eigenvalue weighted by Gasteiger charge is -2.10. The second-order valence-corrected chi connectivity index (χ2v) is 5.81. The maximum absolute atomic E-state index is 14.2. The molecule has 0 amide bonds. The number of rotatable bonds is 2. The summed E-state index contributed by atoms with van der Waals surface area (Å²) in [6.07, 6.45) is 0. The van der Waals surface area contributed by atoms with Crippen LogP contribution in [0, 0.1) is 23.3 Å². The van der Waals surface area contributed by atoms with E-state index in [0.717, 1.165) is 18.0 Å². The first-order chi connectivity index (χ1) is 11.8. The molecule has 2 aromatic carbocycles. The smallest absolute Gasteiger partial charge is 0.340 e. The van der Waals surface area contributed by atoms with Crippen molar-refractivity contribution < 1.29 is 27.1 Å². The fourth-order valence-corrected chi connectivity index (χ4v) is 2.74. The van der Waals surface area contributed by atoms with Gasteiger partial charge in [0.15, 0.2) is 23.3 Å². The maximum Gasteiger partial charge on any atom is 0.340 e. The molecule has 0 radical (unpaired) electrons. The highest BCUT2D eigenvalue weighted by Crippen LogP contribution is 2.36. The average Bonchev–Trinajstić information content (AvgIpc) is 2.97. The molecule has 0 aliphatic carbocycles. The third-order valence-electron chi connectivity index (χ3n) is 3.49. The van der Waals surface area contributed by atoms with Gasteiger partial charge in [0, 0.05) is 7.05 Å². The molecule has 0 unspecified atom stereocenters. The molecule has 0 spiro atoms. The van der Waals surface area contributed by atoms with Gasteiger partial charge in [-0.1, -0.05) is 0 Å². The van der Waals surface area contributed by atoms with Crippen molar-refractivity contribution in [2.75, 3.05) is 7.11 Å². The average molecular weight is 418 g/mol. The topological polar surface area (TPSA) is 57.0 Å². The lowest BCUT2D eigenvalue weighted by atomic mass is 10.00. The highest BCUT2D eigenvalue weighted by atomic mass is 79.9. The standard InChI is InChI=1S/C15H8BrF4N3O2/c1-23-21-7-4-5(3-6(14(7)22-23)15(24)25-2)8-10(17)12(19)9(16)13(20)11(8)18/h3-4H,1-2H3. The fourth-order valence-electron chi connectivity index (χ4n) is 2.39. The number of benzene rings is 2. The number of hydrogen-bond acceptors (Lipinski definition) is 4. The van der Waals surface area contributed by atoms with Crippen molar-refractivity contribution in [3.8, 4) is 11.1 Å². The lowest BCUT2D eigenvalue weighted by Crippen LogP contribution is -2.05. The minimum Gasteiger partial charge on any atom is -0.465 e. The molecule has 1 aromatic heterocycles. The number of fused-ring (bicyclic) bond motifs is 1. The van der Waals surface area contributed by atoms with Crippen LogP contribution in [0.4, 0.5) is 17.6 Å². The van der Waals surface area contributed by atoms with Crippen molar-refractivity contribution >= 4 is 32.9 Å². The van der Waals surface area contributed by atoms with E-state index in [-0.39, 0.29) is 22.2 Å². The van der Waals surface area contributed by atoms with Crippen molar-refractivity contribution in [1.82, 2.24) is 15.0 Å². The number of carbonyl (C=O) groups excluding carboxylic acids is 1. The summed E-state index contributed by atoms with van der Waals surface area (Å²) in [5.41, 5.74) is -1.17. The summed E-state index contributed by atoms with van der Waals surface area (Å²) in [4.78, 5) is 13.1. The molecule has 0 saturated heterocycles. The van der Waals surface area contributed by atoms with Crippen LogP contribution in [0.1, 0.15) is 10.4 Å². The Balaban J connectivity index is 2.40. The SMILES string of the molecule is COC(=O)c1cc(-c2c(F)c(F)c(Br)c(F)c2F)cc2nn(C)nc12. The first kappa shape index (κ1) is 17.3. The molecule has 3 aromatic rings. The highest BCUT2D eigenvalue weighted by molar-refractivity contribution is 9.10. The van der Waals surface area contributed by atoms with E-state index in [2.05, 4.69) is 30.9 Å². The van der Waals surface area contributed by atoms with Crippen LogP contribution in [0.2, 0.25) is 0 Å². The molecule has 0 bridgehead atoms. The first-order valence-electron chi connectivity index (χ1n) is 6.71. The number of carbonyl (C=O) groups is 1. The Bertz CT molecular complexity index is 1010. The quantitative estimate of drug-likeness (QED) is 0.276. The van der Waals surface area contributed by atoms with Crippen LogP contribution >= 0.6 is 15.9 Å². The number of halogens is 5. The third-order valence-corrected chi connectivity index (χ3v) is 4.19. The molecule has 0 atom stereocenters. The van der Waals surface area contributed by atoms with Crippen molar-refractivity contribution in [2.24, 2.45) is 7.05 Å². The Labute approximate surface area is 146 Å². The second kappa shape index (κ2) is 6.10. The zero-order valence-electron chi connectivity index (χ0n) is 12.7. The molecule has 130 valence electrons. The number of esters is 1. The number of aryl methyl sites for hydroxylation is 1. The number of aromatic nitrogens is 3. The molecule has 0 N–H and O–H groups in total. The van der Waals surface area contributed by atoms with E-state index in [1.54, 1.807) is 0 Å². The highest BCUT2D eigenvalue weighted by Gasteiger charge is 2.27. The van der Waals surface area contributed by atoms with Gasteiger partial charge in [-0.3, -0.25) is 0 Å². The molecular weight excluding hydrogens is 410 g/mol. The zero-order chi connectivity index (χ0) is 18.5. The Kier molecular flexibility index (Phi) is 4.23. The molecule has 5 nitrogen and oxygen atoms in total. The normalized spacial score (nSPS) is 11.2. The van der Waals surface area contributed by atoms with Crippen LogP contribution < -0.4 is 0 Å². The van der Waals surface area contributed by atoms with E-state index in [1.807, 2.05) is 0 Å². The first-order valence-corrected chi connectivity index (χ1v) is 7.50. The molecule has 3 rings (SSSR count). The van der Waals surface area contributed by atoms with Gasteiger partial charge in [-0.2, -0.15) is 15.0 Å². The summed E-state index contributed by atoms with van der Waals surface area (Å²) >= 11 is 2.45. The summed E-state index contributed by atoms with van der Waals surface area (Å²) in [7, 11) is 2.58. The van der Waals surface area contributed by atoms with Crippen LogP contribution in [-0.2, 0) is 11.8 Å². The van der Waals surface area contributed by atoms with Crippen LogP contribution in [0.25, 0.3) is 22.2 Å². The van der Waals surface area contributed by atoms with Crippen molar-refractivity contribution in [1.29, 1.82) is 0 Å². The van der Waals surface area contributed by atoms with Gasteiger partial charge in [0.2, 0.25) is 0 Å². The zero-order valence-corrected chi connectivity index (χ0v) is 14.3. The molecule has 1 heterocycles. The van der Waals surface area contributed by atoms with Gasteiger partial charge in [-0.05, 0) is 33.6 Å². The summed E-state index contributed by atoms with van der Waals surface area (Å²) in [5.74, 6) is -7.23.